The van der Waals surface area contributed by atoms with Gasteiger partial charge in [-0.2, -0.15) is 0 Å². The fraction of sp³-hybridized carbons (Fsp3) is 0.364. The van der Waals surface area contributed by atoms with Crippen molar-refractivity contribution in [3.05, 3.63) is 59.9 Å². The third-order valence-electron chi connectivity index (χ3n) is 5.89. The second-order valence-corrected chi connectivity index (χ2v) is 7.71. The lowest BCUT2D eigenvalue weighted by Crippen LogP contribution is -2.39. The Kier molecular flexibility index (Phi) is 3.97. The Bertz CT molecular complexity index is 994. The summed E-state index contributed by atoms with van der Waals surface area (Å²) in [5, 5.41) is 3.64. The van der Waals surface area contributed by atoms with E-state index in [1.54, 1.807) is 0 Å². The van der Waals surface area contributed by atoms with Crippen LogP contribution >= 0.6 is 0 Å². The van der Waals surface area contributed by atoms with E-state index in [1.165, 1.54) is 12.8 Å². The van der Waals surface area contributed by atoms with Crippen LogP contribution in [0.2, 0.25) is 0 Å². The van der Waals surface area contributed by atoms with Crippen LogP contribution in [0.15, 0.2) is 48.5 Å². The summed E-state index contributed by atoms with van der Waals surface area (Å²) in [6.07, 6.45) is 3.47. The van der Waals surface area contributed by atoms with Crippen LogP contribution in [0.1, 0.15) is 35.4 Å². The number of nitrogens with zero attached hydrogens (tertiary/aromatic N) is 3. The zero-order valence-electron chi connectivity index (χ0n) is 15.6. The number of aryl methyl sites for hydroxylation is 1. The van der Waals surface area contributed by atoms with Crippen LogP contribution in [-0.2, 0) is 0 Å². The molecule has 2 atom stereocenters. The minimum absolute atomic E-state index is 0.123. The van der Waals surface area contributed by atoms with Gasteiger partial charge < -0.3 is 10.2 Å². The number of hydrogen-bond donors (Lipinski definition) is 1. The first-order valence-electron chi connectivity index (χ1n) is 9.79. The van der Waals surface area contributed by atoms with E-state index in [0.29, 0.717) is 12.1 Å². The summed E-state index contributed by atoms with van der Waals surface area (Å²) in [5.41, 5.74) is 3.73. The molecule has 2 aliphatic rings. The molecule has 0 spiro atoms. The molecule has 138 valence electrons. The summed E-state index contributed by atoms with van der Waals surface area (Å²) in [5.74, 6) is 1.05. The molecule has 1 amide bonds. The van der Waals surface area contributed by atoms with Gasteiger partial charge in [-0.25, -0.2) is 4.98 Å². The third kappa shape index (κ3) is 2.92. The van der Waals surface area contributed by atoms with Crippen molar-refractivity contribution in [2.75, 3.05) is 13.1 Å². The van der Waals surface area contributed by atoms with Gasteiger partial charge in [-0.3, -0.25) is 9.36 Å². The zero-order valence-corrected chi connectivity index (χ0v) is 15.6. The summed E-state index contributed by atoms with van der Waals surface area (Å²) < 4.78 is 2.14. The minimum atomic E-state index is 0.123. The van der Waals surface area contributed by atoms with Gasteiger partial charge in [0.05, 0.1) is 11.0 Å². The van der Waals surface area contributed by atoms with Crippen LogP contribution in [0.4, 0.5) is 0 Å². The van der Waals surface area contributed by atoms with Gasteiger partial charge in [-0.1, -0.05) is 18.2 Å². The number of nitrogens with one attached hydrogen (secondary N) is 1. The number of aromatic nitrogens is 2. The van der Waals surface area contributed by atoms with Crippen molar-refractivity contribution in [1.29, 1.82) is 0 Å². The molecule has 3 heterocycles. The van der Waals surface area contributed by atoms with Crippen LogP contribution in [0.3, 0.4) is 0 Å². The number of fused-ring (bicyclic) bond motifs is 3. The smallest absolute Gasteiger partial charge is 0.253 e. The molecular weight excluding hydrogens is 336 g/mol. The summed E-state index contributed by atoms with van der Waals surface area (Å²) >= 11 is 0. The number of hydrogen-bond acceptors (Lipinski definition) is 3. The maximum Gasteiger partial charge on any atom is 0.253 e. The van der Waals surface area contributed by atoms with Crippen LogP contribution in [-0.4, -0.2) is 45.5 Å². The van der Waals surface area contributed by atoms with Crippen molar-refractivity contribution in [3.63, 3.8) is 0 Å². The molecule has 27 heavy (non-hydrogen) atoms. The van der Waals surface area contributed by atoms with Crippen molar-refractivity contribution in [3.8, 4) is 5.69 Å². The molecule has 5 heteroatoms. The highest BCUT2D eigenvalue weighted by Crippen LogP contribution is 2.25. The number of para-hydroxylation sites is 1. The first-order valence-corrected chi connectivity index (χ1v) is 9.79. The first kappa shape index (κ1) is 16.5. The summed E-state index contributed by atoms with van der Waals surface area (Å²) in [4.78, 5) is 19.8. The SMILES string of the molecule is Cc1nc2cc(C(=O)N3CCC4CCC(C3)N4)ccc2n1-c1ccccc1. The van der Waals surface area contributed by atoms with E-state index in [4.69, 9.17) is 4.98 Å². The Morgan fingerprint density at radius 3 is 2.74 bits per heavy atom. The van der Waals surface area contributed by atoms with E-state index in [0.717, 1.165) is 47.6 Å². The molecule has 5 nitrogen and oxygen atoms in total. The third-order valence-corrected chi connectivity index (χ3v) is 5.89. The van der Waals surface area contributed by atoms with Gasteiger partial charge in [0.2, 0.25) is 0 Å². The number of carbonyl (C=O) groups is 1. The Labute approximate surface area is 159 Å². The number of carbonyl (C=O) groups excluding carboxylic acids is 1. The molecule has 1 aromatic heterocycles. The number of rotatable bonds is 2. The molecule has 2 bridgehead atoms. The van der Waals surface area contributed by atoms with Crippen molar-refractivity contribution in [2.24, 2.45) is 0 Å². The molecule has 2 fully saturated rings. The average Bonchev–Trinajstić information content (AvgIpc) is 3.19. The first-order chi connectivity index (χ1) is 13.2. The maximum absolute atomic E-state index is 13.1. The zero-order chi connectivity index (χ0) is 18.4. The molecule has 2 aromatic carbocycles. The molecule has 2 aliphatic heterocycles. The van der Waals surface area contributed by atoms with Gasteiger partial charge in [0.25, 0.3) is 5.91 Å². The predicted molar refractivity (Wildman–Crippen MR) is 106 cm³/mol. The maximum atomic E-state index is 13.1. The molecule has 5 rings (SSSR count). The van der Waals surface area contributed by atoms with E-state index in [2.05, 4.69) is 22.0 Å². The monoisotopic (exact) mass is 360 g/mol. The van der Waals surface area contributed by atoms with Gasteiger partial charge in [0, 0.05) is 36.4 Å². The van der Waals surface area contributed by atoms with Gasteiger partial charge >= 0.3 is 0 Å². The average molecular weight is 360 g/mol. The molecule has 3 aromatic rings. The van der Waals surface area contributed by atoms with E-state index >= 15 is 0 Å². The molecule has 2 saturated heterocycles. The minimum Gasteiger partial charge on any atom is -0.337 e. The molecular formula is C22H24N4O. The lowest BCUT2D eigenvalue weighted by Gasteiger charge is -2.24. The standard InChI is InChI=1S/C22H24N4O/c1-15-23-20-13-16(7-10-21(20)26(15)19-5-3-2-4-6-19)22(27)25-12-11-17-8-9-18(14-25)24-17/h2-7,10,13,17-18,24H,8-9,11-12,14H2,1H3. The second kappa shape index (κ2) is 6.50. The van der Waals surface area contributed by atoms with Crippen LogP contribution in [0, 0.1) is 6.92 Å². The topological polar surface area (TPSA) is 50.2 Å². The Hall–Kier alpha value is -2.66. The summed E-state index contributed by atoms with van der Waals surface area (Å²) in [6.45, 7) is 3.65. The van der Waals surface area contributed by atoms with Crippen molar-refractivity contribution < 1.29 is 4.79 Å². The molecule has 0 aliphatic carbocycles. The fourth-order valence-corrected chi connectivity index (χ4v) is 4.55. The van der Waals surface area contributed by atoms with Crippen LogP contribution in [0.5, 0.6) is 0 Å². The Morgan fingerprint density at radius 2 is 1.89 bits per heavy atom. The number of amides is 1. The molecule has 2 unspecified atom stereocenters. The number of benzene rings is 2. The fourth-order valence-electron chi connectivity index (χ4n) is 4.55. The summed E-state index contributed by atoms with van der Waals surface area (Å²) in [6, 6.07) is 17.2. The highest BCUT2D eigenvalue weighted by atomic mass is 16.2. The number of likely N-dealkylation sites (tertiary alicyclic amines) is 1. The van der Waals surface area contributed by atoms with Crippen molar-refractivity contribution >= 4 is 16.9 Å². The van der Waals surface area contributed by atoms with Gasteiger partial charge in [-0.05, 0) is 56.5 Å². The van der Waals surface area contributed by atoms with Crippen molar-refractivity contribution in [1.82, 2.24) is 19.8 Å². The quantitative estimate of drug-likeness (QED) is 0.763. The normalized spacial score (nSPS) is 22.2. The summed E-state index contributed by atoms with van der Waals surface area (Å²) in [7, 11) is 0. The van der Waals surface area contributed by atoms with E-state index in [-0.39, 0.29) is 5.91 Å². The predicted octanol–water partition coefficient (Wildman–Crippen LogP) is 3.30. The van der Waals surface area contributed by atoms with E-state index in [9.17, 15) is 4.79 Å². The van der Waals surface area contributed by atoms with Crippen molar-refractivity contribution in [2.45, 2.75) is 38.3 Å². The highest BCUT2D eigenvalue weighted by Gasteiger charge is 2.31. The van der Waals surface area contributed by atoms with Gasteiger partial charge in [-0.15, -0.1) is 0 Å². The molecule has 0 radical (unpaired) electrons. The lowest BCUT2D eigenvalue weighted by atomic mass is 10.1. The highest BCUT2D eigenvalue weighted by molar-refractivity contribution is 5.97. The number of imidazole rings is 1. The van der Waals surface area contributed by atoms with Gasteiger partial charge in [0.1, 0.15) is 5.82 Å². The van der Waals surface area contributed by atoms with Crippen LogP contribution in [0.25, 0.3) is 16.7 Å². The second-order valence-electron chi connectivity index (χ2n) is 7.71. The largest absolute Gasteiger partial charge is 0.337 e. The molecule has 1 N–H and O–H groups in total. The lowest BCUT2D eigenvalue weighted by molar-refractivity contribution is 0.0748. The molecule has 0 saturated carbocycles. The Morgan fingerprint density at radius 1 is 1.07 bits per heavy atom. The van der Waals surface area contributed by atoms with E-state index in [1.807, 2.05) is 48.2 Å². The van der Waals surface area contributed by atoms with Gasteiger partial charge in [0.15, 0.2) is 0 Å². The van der Waals surface area contributed by atoms with E-state index < -0.39 is 0 Å². The Balaban J connectivity index is 1.47. The van der Waals surface area contributed by atoms with Crippen LogP contribution < -0.4 is 5.32 Å².